The average molecular weight is 704 g/mol. The maximum Gasteiger partial charge on any atom is 0.326 e. The summed E-state index contributed by atoms with van der Waals surface area (Å²) in [7, 11) is 0. The number of carboxylic acid groups (broad SMARTS) is 1. The lowest BCUT2D eigenvalue weighted by atomic mass is 9.98. The van der Waals surface area contributed by atoms with Gasteiger partial charge in [-0.25, -0.2) is 4.79 Å². The van der Waals surface area contributed by atoms with Crippen LogP contribution in [-0.4, -0.2) is 89.6 Å². The fourth-order valence-corrected chi connectivity index (χ4v) is 4.87. The van der Waals surface area contributed by atoms with E-state index in [4.69, 9.17) is 22.7 Å². The number of carboxylic acids is 1. The van der Waals surface area contributed by atoms with Crippen molar-refractivity contribution >= 4 is 35.6 Å². The molecule has 1 aromatic carbocycles. The summed E-state index contributed by atoms with van der Waals surface area (Å²) in [6.07, 6.45) is 2.94. The molecule has 0 radical (unpaired) electrons. The molecule has 0 unspecified atom stereocenters. The minimum absolute atomic E-state index is 0.0196. The zero-order valence-electron chi connectivity index (χ0n) is 28.8. The second kappa shape index (κ2) is 24.1. The summed E-state index contributed by atoms with van der Waals surface area (Å²) >= 11 is 0. The van der Waals surface area contributed by atoms with E-state index in [1.54, 1.807) is 26.0 Å². The van der Waals surface area contributed by atoms with Gasteiger partial charge in [0.05, 0.1) is 0 Å². The van der Waals surface area contributed by atoms with Crippen LogP contribution in [-0.2, 0) is 30.4 Å². The normalized spacial score (nSPS) is 13.7. The minimum atomic E-state index is -1.22. The molecule has 1 rings (SSSR count). The van der Waals surface area contributed by atoms with Gasteiger partial charge in [-0.3, -0.25) is 24.2 Å². The van der Waals surface area contributed by atoms with Gasteiger partial charge in [0.15, 0.2) is 5.96 Å². The van der Waals surface area contributed by atoms with Crippen molar-refractivity contribution in [2.75, 3.05) is 19.6 Å². The van der Waals surface area contributed by atoms with Crippen LogP contribution in [0.15, 0.2) is 34.4 Å². The van der Waals surface area contributed by atoms with Gasteiger partial charge in [0.2, 0.25) is 23.6 Å². The van der Waals surface area contributed by atoms with Crippen LogP contribution in [0.5, 0.6) is 5.75 Å². The van der Waals surface area contributed by atoms with Gasteiger partial charge in [0.1, 0.15) is 29.9 Å². The smallest absolute Gasteiger partial charge is 0.326 e. The van der Waals surface area contributed by atoms with E-state index in [0.29, 0.717) is 44.2 Å². The molecule has 18 nitrogen and oxygen atoms in total. The van der Waals surface area contributed by atoms with E-state index in [2.05, 4.69) is 36.3 Å². The summed E-state index contributed by atoms with van der Waals surface area (Å²) < 4.78 is 0. The molecule has 5 atom stereocenters. The molecule has 18 heteroatoms. The molecule has 0 fully saturated rings. The van der Waals surface area contributed by atoms with Crippen LogP contribution in [0.4, 0.5) is 0 Å². The fourth-order valence-electron chi connectivity index (χ4n) is 4.87. The predicted molar refractivity (Wildman–Crippen MR) is 187 cm³/mol. The first-order chi connectivity index (χ1) is 23.8. The number of carbonyl (C=O) groups is 5. The van der Waals surface area contributed by atoms with Crippen LogP contribution in [0.1, 0.15) is 77.2 Å². The number of aromatic hydroxyl groups is 1. The Bertz CT molecular complexity index is 1320. The summed E-state index contributed by atoms with van der Waals surface area (Å²) in [5, 5.41) is 33.5. The van der Waals surface area contributed by atoms with Gasteiger partial charge in [-0.15, -0.1) is 0 Å². The standard InChI is InChI=1S/C32H53N11O7/c1-3-20(2)27(31(49)50)42-29(47)24(10-8-17-37-32(34)35)40-28(46)23(9-4-6-16-33)41-30(48)25(19-21-12-14-22(44)15-13-21)39-26(45)11-5-7-18-38-43-36/h12-15,20,23-25,27,44H,3-11,16-19,33H2,1-2H3,(H,39,45)(H,40,46)(H,41,48)(H,42,47)(H,49,50)(H4,34,35,37)/t20-,23-,24-,25-,27-/m0/s1. The highest BCUT2D eigenvalue weighted by atomic mass is 16.4. The molecule has 0 aromatic heterocycles. The van der Waals surface area contributed by atoms with Crippen molar-refractivity contribution < 1.29 is 34.2 Å². The number of benzene rings is 1. The number of hydrogen-bond acceptors (Lipinski definition) is 9. The van der Waals surface area contributed by atoms with Crippen molar-refractivity contribution in [2.45, 2.75) is 102 Å². The number of phenols is 1. The summed E-state index contributed by atoms with van der Waals surface area (Å²) in [5.74, 6) is -4.26. The summed E-state index contributed by atoms with van der Waals surface area (Å²) in [5.41, 5.74) is 25.6. The Labute approximate surface area is 292 Å². The quantitative estimate of drug-likeness (QED) is 0.0171. The molecule has 0 spiro atoms. The first-order valence-corrected chi connectivity index (χ1v) is 16.8. The van der Waals surface area contributed by atoms with E-state index >= 15 is 0 Å². The molecule has 278 valence electrons. The number of nitrogens with two attached hydrogens (primary N) is 3. The first kappa shape index (κ1) is 42.9. The fraction of sp³-hybridized carbons (Fsp3) is 0.625. The number of rotatable bonds is 25. The van der Waals surface area contributed by atoms with E-state index in [-0.39, 0.29) is 56.9 Å². The maximum atomic E-state index is 13.7. The largest absolute Gasteiger partial charge is 0.508 e. The average Bonchev–Trinajstić information content (AvgIpc) is 3.07. The molecule has 0 aliphatic heterocycles. The van der Waals surface area contributed by atoms with E-state index in [1.165, 1.54) is 12.1 Å². The molecule has 0 saturated carbocycles. The van der Waals surface area contributed by atoms with E-state index in [1.807, 2.05) is 0 Å². The lowest BCUT2D eigenvalue weighted by Crippen LogP contribution is -2.58. The molecule has 0 heterocycles. The topological polar surface area (TPSA) is 313 Å². The molecular formula is C32H53N11O7. The van der Waals surface area contributed by atoms with Crippen LogP contribution >= 0.6 is 0 Å². The highest BCUT2D eigenvalue weighted by molar-refractivity contribution is 5.95. The number of aliphatic imine (C=N–C) groups is 1. The molecule has 0 aliphatic carbocycles. The molecule has 1 aromatic rings. The Morgan fingerprint density at radius 2 is 1.44 bits per heavy atom. The molecule has 0 bridgehead atoms. The number of azide groups is 1. The van der Waals surface area contributed by atoms with Gasteiger partial charge in [-0.05, 0) is 80.6 Å². The molecule has 50 heavy (non-hydrogen) atoms. The van der Waals surface area contributed by atoms with Crippen molar-refractivity contribution in [3.05, 3.63) is 40.3 Å². The number of unbranched alkanes of at least 4 members (excludes halogenated alkanes) is 2. The van der Waals surface area contributed by atoms with Crippen LogP contribution in [0, 0.1) is 5.92 Å². The van der Waals surface area contributed by atoms with Gasteiger partial charge in [0, 0.05) is 30.8 Å². The van der Waals surface area contributed by atoms with Gasteiger partial charge < -0.3 is 48.7 Å². The second-order valence-electron chi connectivity index (χ2n) is 12.0. The number of guanidine groups is 1. The van der Waals surface area contributed by atoms with Gasteiger partial charge in [0.25, 0.3) is 0 Å². The van der Waals surface area contributed by atoms with Gasteiger partial charge in [-0.2, -0.15) is 0 Å². The maximum absolute atomic E-state index is 13.7. The molecular weight excluding hydrogens is 650 g/mol. The van der Waals surface area contributed by atoms with Crippen molar-refractivity contribution in [1.29, 1.82) is 0 Å². The number of nitrogens with zero attached hydrogens (tertiary/aromatic N) is 4. The highest BCUT2D eigenvalue weighted by Crippen LogP contribution is 2.13. The monoisotopic (exact) mass is 703 g/mol. The number of hydrogen-bond donors (Lipinski definition) is 9. The van der Waals surface area contributed by atoms with E-state index in [0.717, 1.165) is 0 Å². The molecule has 0 aliphatic rings. The summed E-state index contributed by atoms with van der Waals surface area (Å²) in [6.45, 7) is 4.19. The van der Waals surface area contributed by atoms with Gasteiger partial charge >= 0.3 is 5.97 Å². The third-order valence-corrected chi connectivity index (χ3v) is 7.94. The van der Waals surface area contributed by atoms with E-state index in [9.17, 15) is 34.2 Å². The number of aliphatic carboxylic acids is 1. The third kappa shape index (κ3) is 17.3. The van der Waals surface area contributed by atoms with Crippen molar-refractivity contribution in [2.24, 2.45) is 33.2 Å². The number of amides is 4. The minimum Gasteiger partial charge on any atom is -0.508 e. The van der Waals surface area contributed by atoms with Crippen molar-refractivity contribution in [1.82, 2.24) is 21.3 Å². The Hall–Kier alpha value is -5.09. The SMILES string of the molecule is CC[C@H](C)[C@H](NC(=O)[C@H](CCCN=C(N)N)NC(=O)[C@H](CCCCN)NC(=O)[C@H](Cc1ccc(O)cc1)NC(=O)CCCCN=[N+]=[N-])C(=O)O. The molecule has 4 amide bonds. The Morgan fingerprint density at radius 3 is 2.00 bits per heavy atom. The van der Waals surface area contributed by atoms with Crippen LogP contribution in [0.2, 0.25) is 0 Å². The van der Waals surface area contributed by atoms with Gasteiger partial charge in [-0.1, -0.05) is 37.5 Å². The zero-order valence-corrected chi connectivity index (χ0v) is 28.8. The van der Waals surface area contributed by atoms with E-state index < -0.39 is 59.7 Å². The van der Waals surface area contributed by atoms with Crippen molar-refractivity contribution in [3.8, 4) is 5.75 Å². The summed E-state index contributed by atoms with van der Waals surface area (Å²) in [4.78, 5) is 72.2. The Balaban J connectivity index is 3.27. The molecule has 12 N–H and O–H groups in total. The van der Waals surface area contributed by atoms with Crippen molar-refractivity contribution in [3.63, 3.8) is 0 Å². The van der Waals surface area contributed by atoms with Crippen LogP contribution in [0.25, 0.3) is 10.4 Å². The Morgan fingerprint density at radius 1 is 0.840 bits per heavy atom. The lowest BCUT2D eigenvalue weighted by Gasteiger charge is -2.27. The first-order valence-electron chi connectivity index (χ1n) is 16.8. The zero-order chi connectivity index (χ0) is 37.5. The highest BCUT2D eigenvalue weighted by Gasteiger charge is 2.32. The predicted octanol–water partition coefficient (Wildman–Crippen LogP) is 0.668. The molecule has 0 saturated heterocycles. The lowest BCUT2D eigenvalue weighted by molar-refractivity contribution is -0.144. The summed E-state index contributed by atoms with van der Waals surface area (Å²) in [6, 6.07) is 1.45. The third-order valence-electron chi connectivity index (χ3n) is 7.94. The second-order valence-corrected chi connectivity index (χ2v) is 12.0. The van der Waals surface area contributed by atoms with Crippen LogP contribution in [0.3, 0.4) is 0 Å². The number of phenolic OH excluding ortho intramolecular Hbond substituents is 1. The Kier molecular flexibility index (Phi) is 20.7. The number of carbonyl (C=O) groups excluding carboxylic acids is 4. The van der Waals surface area contributed by atoms with Crippen LogP contribution < -0.4 is 38.5 Å². The number of nitrogens with one attached hydrogen (secondary N) is 4.